The summed E-state index contributed by atoms with van der Waals surface area (Å²) < 4.78 is 1.98. The summed E-state index contributed by atoms with van der Waals surface area (Å²) in [5, 5.41) is 9.35. The standard InChI is InChI=1S/C16H24N2O2S/c1-16(11-20)8-13(16)9-17(2)14-5-6-15(18(3)21-4)12(7-14)10-19/h5-7,10,13,20H,8-9,11H2,1-4H3/t13-,16-/m0/s1. The topological polar surface area (TPSA) is 43.8 Å². The normalized spacial score (nSPS) is 23.8. The van der Waals surface area contributed by atoms with Crippen LogP contribution < -0.4 is 9.21 Å². The Morgan fingerprint density at radius 3 is 2.71 bits per heavy atom. The van der Waals surface area contributed by atoms with Crippen molar-refractivity contribution < 1.29 is 9.90 Å². The molecule has 0 saturated heterocycles. The van der Waals surface area contributed by atoms with Crippen molar-refractivity contribution in [3.05, 3.63) is 23.8 Å². The van der Waals surface area contributed by atoms with Gasteiger partial charge in [0.2, 0.25) is 0 Å². The Morgan fingerprint density at radius 1 is 1.48 bits per heavy atom. The molecule has 0 aromatic heterocycles. The van der Waals surface area contributed by atoms with Gasteiger partial charge in [0.15, 0.2) is 6.29 Å². The summed E-state index contributed by atoms with van der Waals surface area (Å²) >= 11 is 1.58. The first-order valence-corrected chi connectivity index (χ1v) is 8.32. The number of aliphatic hydroxyl groups excluding tert-OH is 1. The molecule has 21 heavy (non-hydrogen) atoms. The predicted molar refractivity (Wildman–Crippen MR) is 90.3 cm³/mol. The highest BCUT2D eigenvalue weighted by molar-refractivity contribution is 7.99. The van der Waals surface area contributed by atoms with Crippen molar-refractivity contribution in [1.82, 2.24) is 0 Å². The van der Waals surface area contributed by atoms with Gasteiger partial charge in [0.05, 0.1) is 5.69 Å². The van der Waals surface area contributed by atoms with E-state index < -0.39 is 0 Å². The quantitative estimate of drug-likeness (QED) is 0.620. The Bertz CT molecular complexity index is 523. The molecule has 1 N–H and O–H groups in total. The van der Waals surface area contributed by atoms with Crippen LogP contribution in [0.2, 0.25) is 0 Å². The van der Waals surface area contributed by atoms with Crippen LogP contribution in [0.25, 0.3) is 0 Å². The molecule has 0 amide bonds. The number of hydrogen-bond donors (Lipinski definition) is 1. The maximum atomic E-state index is 11.3. The lowest BCUT2D eigenvalue weighted by atomic mass is 10.1. The molecule has 1 fully saturated rings. The van der Waals surface area contributed by atoms with Crippen LogP contribution >= 0.6 is 11.9 Å². The largest absolute Gasteiger partial charge is 0.396 e. The van der Waals surface area contributed by atoms with Gasteiger partial charge in [-0.2, -0.15) is 0 Å². The lowest BCUT2D eigenvalue weighted by Gasteiger charge is -2.23. The molecule has 0 heterocycles. The van der Waals surface area contributed by atoms with Crippen LogP contribution in [0.3, 0.4) is 0 Å². The van der Waals surface area contributed by atoms with E-state index in [2.05, 4.69) is 11.8 Å². The van der Waals surface area contributed by atoms with Crippen LogP contribution in [0, 0.1) is 11.3 Å². The Morgan fingerprint density at radius 2 is 2.19 bits per heavy atom. The number of hydrogen-bond acceptors (Lipinski definition) is 5. The third-order valence-electron chi connectivity index (χ3n) is 4.59. The fourth-order valence-electron chi connectivity index (χ4n) is 2.68. The number of aldehydes is 1. The van der Waals surface area contributed by atoms with Gasteiger partial charge in [-0.1, -0.05) is 18.9 Å². The summed E-state index contributed by atoms with van der Waals surface area (Å²) in [6.07, 6.45) is 3.97. The second-order valence-corrected chi connectivity index (χ2v) is 7.05. The van der Waals surface area contributed by atoms with E-state index in [-0.39, 0.29) is 12.0 Å². The first kappa shape index (κ1) is 16.2. The zero-order valence-corrected chi connectivity index (χ0v) is 14.0. The number of nitrogens with zero attached hydrogens (tertiary/aromatic N) is 2. The highest BCUT2D eigenvalue weighted by Crippen LogP contribution is 2.52. The van der Waals surface area contributed by atoms with E-state index in [1.807, 2.05) is 42.9 Å². The van der Waals surface area contributed by atoms with Gasteiger partial charge in [0, 0.05) is 44.8 Å². The first-order chi connectivity index (χ1) is 9.95. The minimum Gasteiger partial charge on any atom is -0.396 e. The first-order valence-electron chi connectivity index (χ1n) is 7.14. The van der Waals surface area contributed by atoms with Crippen molar-refractivity contribution in [2.75, 3.05) is 42.7 Å². The van der Waals surface area contributed by atoms with E-state index in [0.717, 1.165) is 30.6 Å². The predicted octanol–water partition coefficient (Wildman–Crippen LogP) is 2.67. The number of carbonyl (C=O) groups is 1. The minimum absolute atomic E-state index is 0.0841. The fraction of sp³-hybridized carbons (Fsp3) is 0.562. The average molecular weight is 308 g/mol. The third-order valence-corrected chi connectivity index (χ3v) is 5.33. The number of carbonyl (C=O) groups excluding carboxylic acids is 1. The number of rotatable bonds is 7. The van der Waals surface area contributed by atoms with Crippen molar-refractivity contribution in [3.63, 3.8) is 0 Å². The van der Waals surface area contributed by atoms with Crippen LogP contribution in [-0.2, 0) is 0 Å². The Balaban J connectivity index is 2.12. The van der Waals surface area contributed by atoms with Crippen LogP contribution in [0.4, 0.5) is 11.4 Å². The van der Waals surface area contributed by atoms with Crippen LogP contribution in [0.1, 0.15) is 23.7 Å². The molecule has 0 spiro atoms. The zero-order chi connectivity index (χ0) is 15.6. The van der Waals surface area contributed by atoms with Crippen LogP contribution in [0.5, 0.6) is 0 Å². The van der Waals surface area contributed by atoms with Gasteiger partial charge in [-0.15, -0.1) is 0 Å². The van der Waals surface area contributed by atoms with Crippen molar-refractivity contribution in [1.29, 1.82) is 0 Å². The monoisotopic (exact) mass is 308 g/mol. The molecule has 116 valence electrons. The summed E-state index contributed by atoms with van der Waals surface area (Å²) in [6, 6.07) is 5.98. The highest BCUT2D eigenvalue weighted by Gasteiger charge is 2.49. The van der Waals surface area contributed by atoms with Gasteiger partial charge in [-0.3, -0.25) is 4.79 Å². The average Bonchev–Trinajstić information content (AvgIpc) is 3.16. The molecule has 1 aromatic carbocycles. The lowest BCUT2D eigenvalue weighted by molar-refractivity contribution is 0.112. The Kier molecular flexibility index (Phi) is 4.84. The summed E-state index contributed by atoms with van der Waals surface area (Å²) in [4.78, 5) is 13.5. The smallest absolute Gasteiger partial charge is 0.152 e. The van der Waals surface area contributed by atoms with E-state index in [0.29, 0.717) is 11.5 Å². The Labute approximate surface area is 131 Å². The second kappa shape index (κ2) is 6.28. The molecular formula is C16H24N2O2S. The summed E-state index contributed by atoms with van der Waals surface area (Å²) in [5.74, 6) is 0.528. The van der Waals surface area contributed by atoms with E-state index >= 15 is 0 Å². The fourth-order valence-corrected chi connectivity index (χ4v) is 3.04. The Hall–Kier alpha value is -1.20. The number of aliphatic hydroxyl groups is 1. The van der Waals surface area contributed by atoms with Crippen molar-refractivity contribution in [2.24, 2.45) is 11.3 Å². The van der Waals surface area contributed by atoms with E-state index in [1.54, 1.807) is 11.9 Å². The molecule has 0 bridgehead atoms. The maximum Gasteiger partial charge on any atom is 0.152 e. The summed E-state index contributed by atoms with van der Waals surface area (Å²) in [7, 11) is 3.99. The van der Waals surface area contributed by atoms with E-state index in [4.69, 9.17) is 0 Å². The molecule has 1 aliphatic rings. The molecular weight excluding hydrogens is 284 g/mol. The van der Waals surface area contributed by atoms with Crippen molar-refractivity contribution >= 4 is 29.6 Å². The molecule has 2 rings (SSSR count). The van der Waals surface area contributed by atoms with Gasteiger partial charge in [-0.05, 0) is 36.0 Å². The third kappa shape index (κ3) is 3.35. The molecule has 5 heteroatoms. The lowest BCUT2D eigenvalue weighted by Crippen LogP contribution is -2.23. The van der Waals surface area contributed by atoms with Gasteiger partial charge < -0.3 is 14.3 Å². The molecule has 0 aliphatic heterocycles. The van der Waals surface area contributed by atoms with Gasteiger partial charge in [0.25, 0.3) is 0 Å². The van der Waals surface area contributed by atoms with Crippen molar-refractivity contribution in [3.8, 4) is 0 Å². The molecule has 0 unspecified atom stereocenters. The molecule has 1 aliphatic carbocycles. The van der Waals surface area contributed by atoms with E-state index in [1.165, 1.54) is 0 Å². The summed E-state index contributed by atoms with van der Waals surface area (Å²) in [5.41, 5.74) is 2.77. The maximum absolute atomic E-state index is 11.3. The SMILES string of the molecule is CSN(C)c1ccc(N(C)C[C@@H]2C[C@@]2(C)CO)cc1C=O. The van der Waals surface area contributed by atoms with Crippen LogP contribution in [-0.4, -0.2) is 44.9 Å². The minimum atomic E-state index is 0.0841. The number of benzene rings is 1. The highest BCUT2D eigenvalue weighted by atomic mass is 32.2. The van der Waals surface area contributed by atoms with Gasteiger partial charge in [-0.25, -0.2) is 0 Å². The molecule has 4 nitrogen and oxygen atoms in total. The van der Waals surface area contributed by atoms with E-state index in [9.17, 15) is 9.90 Å². The van der Waals surface area contributed by atoms with Crippen LogP contribution in [0.15, 0.2) is 18.2 Å². The van der Waals surface area contributed by atoms with Crippen molar-refractivity contribution in [2.45, 2.75) is 13.3 Å². The summed E-state index contributed by atoms with van der Waals surface area (Å²) in [6.45, 7) is 3.29. The van der Waals surface area contributed by atoms with Gasteiger partial charge >= 0.3 is 0 Å². The van der Waals surface area contributed by atoms with Gasteiger partial charge in [0.1, 0.15) is 0 Å². The molecule has 2 atom stereocenters. The molecule has 0 radical (unpaired) electrons. The number of anilines is 2. The molecule has 1 saturated carbocycles. The molecule has 1 aromatic rings. The second-order valence-electron chi connectivity index (χ2n) is 6.13. The zero-order valence-electron chi connectivity index (χ0n) is 13.2.